The second-order valence-corrected chi connectivity index (χ2v) is 9.33. The highest BCUT2D eigenvalue weighted by Gasteiger charge is 2.43. The Bertz CT molecular complexity index is 843. The van der Waals surface area contributed by atoms with Crippen molar-refractivity contribution in [2.45, 2.75) is 31.2 Å². The third-order valence-corrected chi connectivity index (χ3v) is 6.68. The monoisotopic (exact) mass is 397 g/mol. The number of fused-ring (bicyclic) bond motifs is 1. The maximum atomic E-state index is 13.5. The first kappa shape index (κ1) is 19.8. The number of benzene rings is 1. The molecule has 2 fully saturated rings. The fourth-order valence-corrected chi connectivity index (χ4v) is 5.12. The van der Waals surface area contributed by atoms with E-state index >= 15 is 0 Å². The lowest BCUT2D eigenvalue weighted by molar-refractivity contribution is -0.156. The van der Waals surface area contributed by atoms with E-state index < -0.39 is 21.9 Å². The molecule has 148 valence electrons. The highest BCUT2D eigenvalue weighted by atomic mass is 32.2. The lowest BCUT2D eigenvalue weighted by Crippen LogP contribution is -2.62. The number of sulfonamides is 1. The van der Waals surface area contributed by atoms with Gasteiger partial charge in [-0.3, -0.25) is 9.59 Å². The minimum atomic E-state index is -3.96. The molecule has 0 spiro atoms. The van der Waals surface area contributed by atoms with Crippen LogP contribution in [0.2, 0.25) is 0 Å². The Hall–Kier alpha value is -2.00. The van der Waals surface area contributed by atoms with Gasteiger partial charge in [0.25, 0.3) is 0 Å². The van der Waals surface area contributed by atoms with Gasteiger partial charge in [0.1, 0.15) is 11.9 Å². The van der Waals surface area contributed by atoms with Crippen molar-refractivity contribution in [1.82, 2.24) is 14.1 Å². The van der Waals surface area contributed by atoms with Crippen molar-refractivity contribution >= 4 is 21.8 Å². The van der Waals surface area contributed by atoms with Crippen LogP contribution in [0.4, 0.5) is 4.39 Å². The molecule has 0 saturated carbocycles. The van der Waals surface area contributed by atoms with Crippen LogP contribution in [0.5, 0.6) is 0 Å². The molecule has 0 radical (unpaired) electrons. The molecule has 7 nitrogen and oxygen atoms in total. The average molecular weight is 397 g/mol. The molecule has 2 heterocycles. The van der Waals surface area contributed by atoms with Crippen molar-refractivity contribution in [3.8, 4) is 0 Å². The van der Waals surface area contributed by atoms with Crippen LogP contribution < -0.4 is 0 Å². The van der Waals surface area contributed by atoms with Gasteiger partial charge < -0.3 is 9.80 Å². The normalized spacial score (nSPS) is 22.1. The summed E-state index contributed by atoms with van der Waals surface area (Å²) in [6.45, 7) is 4.79. The molecular weight excluding hydrogens is 373 g/mol. The van der Waals surface area contributed by atoms with Gasteiger partial charge in [0.2, 0.25) is 21.8 Å². The Morgan fingerprint density at radius 3 is 2.63 bits per heavy atom. The van der Waals surface area contributed by atoms with E-state index in [1.165, 1.54) is 32.3 Å². The van der Waals surface area contributed by atoms with E-state index in [2.05, 4.69) is 0 Å². The standard InChI is InChI=1S/C18H24FN3O4S/c1-13(2)10-20-12-17(23)22-8-4-7-21(11-16(22)18(20)24)27(25,26)15-6-3-5-14(19)9-15/h3,5-6,9,13,16H,4,7-8,10-12H2,1-2H3. The van der Waals surface area contributed by atoms with Crippen LogP contribution in [-0.2, 0) is 19.6 Å². The van der Waals surface area contributed by atoms with Crippen molar-refractivity contribution in [3.05, 3.63) is 30.1 Å². The largest absolute Gasteiger partial charge is 0.331 e. The van der Waals surface area contributed by atoms with Gasteiger partial charge in [-0.2, -0.15) is 4.31 Å². The minimum Gasteiger partial charge on any atom is -0.331 e. The third kappa shape index (κ3) is 3.98. The number of piperazine rings is 1. The maximum Gasteiger partial charge on any atom is 0.247 e. The van der Waals surface area contributed by atoms with Crippen LogP contribution in [0.3, 0.4) is 0 Å². The summed E-state index contributed by atoms with van der Waals surface area (Å²) in [7, 11) is -3.96. The summed E-state index contributed by atoms with van der Waals surface area (Å²) in [5.74, 6) is -0.833. The van der Waals surface area contributed by atoms with Gasteiger partial charge >= 0.3 is 0 Å². The molecule has 2 amide bonds. The Morgan fingerprint density at radius 2 is 1.96 bits per heavy atom. The smallest absolute Gasteiger partial charge is 0.247 e. The molecule has 0 bridgehead atoms. The zero-order valence-electron chi connectivity index (χ0n) is 15.5. The summed E-state index contributed by atoms with van der Waals surface area (Å²) in [6, 6.07) is 3.98. The summed E-state index contributed by atoms with van der Waals surface area (Å²) in [5, 5.41) is 0. The lowest BCUT2D eigenvalue weighted by atomic mass is 10.1. The molecule has 9 heteroatoms. The lowest BCUT2D eigenvalue weighted by Gasteiger charge is -2.40. The molecule has 1 aromatic rings. The van der Waals surface area contributed by atoms with Crippen molar-refractivity contribution in [2.75, 3.05) is 32.7 Å². The first-order chi connectivity index (χ1) is 12.7. The molecule has 0 aromatic heterocycles. The molecule has 0 aliphatic carbocycles. The van der Waals surface area contributed by atoms with Crippen LogP contribution in [-0.4, -0.2) is 73.1 Å². The number of hydrogen-bond acceptors (Lipinski definition) is 4. The van der Waals surface area contributed by atoms with Crippen molar-refractivity contribution in [3.63, 3.8) is 0 Å². The van der Waals surface area contributed by atoms with E-state index in [9.17, 15) is 22.4 Å². The molecule has 1 atom stereocenters. The van der Waals surface area contributed by atoms with Gasteiger partial charge in [-0.1, -0.05) is 19.9 Å². The number of rotatable bonds is 4. The Kier molecular flexibility index (Phi) is 5.53. The van der Waals surface area contributed by atoms with Crippen molar-refractivity contribution < 1.29 is 22.4 Å². The van der Waals surface area contributed by atoms with E-state index in [1.54, 1.807) is 0 Å². The van der Waals surface area contributed by atoms with Gasteiger partial charge in [-0.15, -0.1) is 0 Å². The SMILES string of the molecule is CC(C)CN1CC(=O)N2CCCN(S(=O)(=O)c3cccc(F)c3)CC2C1=O. The second-order valence-electron chi connectivity index (χ2n) is 7.39. The first-order valence-electron chi connectivity index (χ1n) is 9.04. The predicted molar refractivity (Wildman–Crippen MR) is 96.7 cm³/mol. The van der Waals surface area contributed by atoms with Crippen LogP contribution in [0.25, 0.3) is 0 Å². The highest BCUT2D eigenvalue weighted by molar-refractivity contribution is 7.89. The van der Waals surface area contributed by atoms with Gasteiger partial charge in [-0.05, 0) is 30.5 Å². The molecule has 27 heavy (non-hydrogen) atoms. The predicted octanol–water partition coefficient (Wildman–Crippen LogP) is 0.915. The van der Waals surface area contributed by atoms with Crippen LogP contribution in [0.15, 0.2) is 29.2 Å². The molecular formula is C18H24FN3O4S. The van der Waals surface area contributed by atoms with Crippen LogP contribution in [0.1, 0.15) is 20.3 Å². The zero-order valence-corrected chi connectivity index (χ0v) is 16.3. The number of nitrogens with zero attached hydrogens (tertiary/aromatic N) is 3. The molecule has 3 rings (SSSR count). The average Bonchev–Trinajstić information content (AvgIpc) is 2.83. The fourth-order valence-electron chi connectivity index (χ4n) is 3.60. The van der Waals surface area contributed by atoms with E-state index in [4.69, 9.17) is 0 Å². The molecule has 2 aliphatic heterocycles. The number of amides is 2. The minimum absolute atomic E-state index is 0.0319. The van der Waals surface area contributed by atoms with Crippen molar-refractivity contribution in [2.24, 2.45) is 5.92 Å². The number of hydrogen-bond donors (Lipinski definition) is 0. The van der Waals surface area contributed by atoms with Crippen LogP contribution >= 0.6 is 0 Å². The quantitative estimate of drug-likeness (QED) is 0.757. The van der Waals surface area contributed by atoms with Gasteiger partial charge in [0.15, 0.2) is 0 Å². The Morgan fingerprint density at radius 1 is 1.22 bits per heavy atom. The summed E-state index contributed by atoms with van der Waals surface area (Å²) in [4.78, 5) is 28.3. The highest BCUT2D eigenvalue weighted by Crippen LogP contribution is 2.24. The molecule has 0 N–H and O–H groups in total. The Labute approximate surface area is 158 Å². The number of carbonyl (C=O) groups excluding carboxylic acids is 2. The van der Waals surface area contributed by atoms with Crippen LogP contribution in [0, 0.1) is 11.7 Å². The van der Waals surface area contributed by atoms with E-state index in [0.29, 0.717) is 19.5 Å². The third-order valence-electron chi connectivity index (χ3n) is 4.82. The van der Waals surface area contributed by atoms with Crippen molar-refractivity contribution in [1.29, 1.82) is 0 Å². The van der Waals surface area contributed by atoms with E-state index in [-0.39, 0.29) is 42.3 Å². The van der Waals surface area contributed by atoms with E-state index in [0.717, 1.165) is 6.07 Å². The summed E-state index contributed by atoms with van der Waals surface area (Å²) < 4.78 is 40.6. The first-order valence-corrected chi connectivity index (χ1v) is 10.5. The number of halogens is 1. The van der Waals surface area contributed by atoms with E-state index in [1.807, 2.05) is 13.8 Å². The Balaban J connectivity index is 1.89. The molecule has 1 unspecified atom stereocenters. The zero-order chi connectivity index (χ0) is 19.8. The summed E-state index contributed by atoms with van der Waals surface area (Å²) >= 11 is 0. The summed E-state index contributed by atoms with van der Waals surface area (Å²) in [6.07, 6.45) is 0.425. The fraction of sp³-hybridized carbons (Fsp3) is 0.556. The molecule has 2 aliphatic rings. The molecule has 2 saturated heterocycles. The van der Waals surface area contributed by atoms with Gasteiger partial charge in [0.05, 0.1) is 11.4 Å². The van der Waals surface area contributed by atoms with Gasteiger partial charge in [0, 0.05) is 26.2 Å². The summed E-state index contributed by atoms with van der Waals surface area (Å²) in [5.41, 5.74) is 0. The van der Waals surface area contributed by atoms with Gasteiger partial charge in [-0.25, -0.2) is 12.8 Å². The topological polar surface area (TPSA) is 78.0 Å². The molecule has 1 aromatic carbocycles. The number of carbonyl (C=O) groups is 2. The second kappa shape index (κ2) is 7.55. The maximum absolute atomic E-state index is 13.5.